The van der Waals surface area contributed by atoms with Gasteiger partial charge in [-0.25, -0.2) is 19.9 Å². The minimum atomic E-state index is 0.0813. The van der Waals surface area contributed by atoms with E-state index in [1.54, 1.807) is 12.4 Å². The van der Waals surface area contributed by atoms with Crippen LogP contribution >= 0.6 is 0 Å². The van der Waals surface area contributed by atoms with Crippen molar-refractivity contribution in [2.24, 2.45) is 16.5 Å². The summed E-state index contributed by atoms with van der Waals surface area (Å²) in [6, 6.07) is 13.9. The molecule has 0 fully saturated rings. The molecule has 0 radical (unpaired) electrons. The average Bonchev–Trinajstić information content (AvgIpc) is 3.16. The highest BCUT2D eigenvalue weighted by atomic mass is 15.1. The monoisotopic (exact) mass is 386 g/mol. The Hall–Kier alpha value is -3.94. The number of guanidine groups is 1. The number of hydrogen-bond acceptors (Lipinski definition) is 5. The highest BCUT2D eigenvalue weighted by molar-refractivity contribution is 5.75. The highest BCUT2D eigenvalue weighted by Crippen LogP contribution is 2.20. The largest absolute Gasteiger partial charge is 0.370 e. The SMILES string of the molecule is NC(N)=NCc1cccc(-c2cnc(NCCc3cn4ccccc4n3)nc2)c1. The minimum absolute atomic E-state index is 0.0813. The Morgan fingerprint density at radius 1 is 1.03 bits per heavy atom. The third-order valence-electron chi connectivity index (χ3n) is 4.43. The Bertz CT molecular complexity index is 1090. The van der Waals surface area contributed by atoms with Gasteiger partial charge in [-0.1, -0.05) is 24.3 Å². The molecule has 0 atom stereocenters. The second-order valence-corrected chi connectivity index (χ2v) is 6.61. The summed E-state index contributed by atoms with van der Waals surface area (Å²) in [6.45, 7) is 1.15. The topological polar surface area (TPSA) is 120 Å². The molecule has 5 N–H and O–H groups in total. The Morgan fingerprint density at radius 2 is 1.90 bits per heavy atom. The first-order valence-corrected chi connectivity index (χ1v) is 9.30. The number of aliphatic imine (C=N–C) groups is 1. The Morgan fingerprint density at radius 3 is 2.69 bits per heavy atom. The van der Waals surface area contributed by atoms with Crippen molar-refractivity contribution in [3.8, 4) is 11.1 Å². The fourth-order valence-electron chi connectivity index (χ4n) is 3.01. The van der Waals surface area contributed by atoms with Crippen molar-refractivity contribution in [1.29, 1.82) is 0 Å². The van der Waals surface area contributed by atoms with E-state index in [0.717, 1.165) is 34.5 Å². The van der Waals surface area contributed by atoms with Crippen molar-refractivity contribution in [2.75, 3.05) is 11.9 Å². The lowest BCUT2D eigenvalue weighted by molar-refractivity contribution is 0.955. The summed E-state index contributed by atoms with van der Waals surface area (Å²) in [5.41, 5.74) is 15.7. The molecular formula is C21H22N8. The van der Waals surface area contributed by atoms with E-state index in [-0.39, 0.29) is 5.96 Å². The van der Waals surface area contributed by atoms with Crippen LogP contribution in [0.4, 0.5) is 5.95 Å². The van der Waals surface area contributed by atoms with Gasteiger partial charge in [0.15, 0.2) is 5.96 Å². The number of hydrogen-bond donors (Lipinski definition) is 3. The van der Waals surface area contributed by atoms with Crippen molar-refractivity contribution in [3.05, 3.63) is 78.5 Å². The molecule has 0 saturated heterocycles. The molecule has 8 heteroatoms. The molecule has 0 bridgehead atoms. The van der Waals surface area contributed by atoms with Crippen LogP contribution in [0, 0.1) is 0 Å². The smallest absolute Gasteiger partial charge is 0.222 e. The van der Waals surface area contributed by atoms with Gasteiger partial charge in [-0.05, 0) is 29.3 Å². The van der Waals surface area contributed by atoms with E-state index < -0.39 is 0 Å². The van der Waals surface area contributed by atoms with Gasteiger partial charge < -0.3 is 21.2 Å². The molecule has 3 aromatic heterocycles. The maximum absolute atomic E-state index is 5.40. The van der Waals surface area contributed by atoms with Gasteiger partial charge in [0.1, 0.15) is 5.65 Å². The maximum atomic E-state index is 5.40. The van der Waals surface area contributed by atoms with Gasteiger partial charge in [0.05, 0.1) is 12.2 Å². The molecule has 0 spiro atoms. The second-order valence-electron chi connectivity index (χ2n) is 6.61. The van der Waals surface area contributed by atoms with Gasteiger partial charge in [-0.2, -0.15) is 0 Å². The van der Waals surface area contributed by atoms with Crippen LogP contribution in [0.3, 0.4) is 0 Å². The van der Waals surface area contributed by atoms with Crippen LogP contribution in [0.1, 0.15) is 11.3 Å². The van der Waals surface area contributed by atoms with E-state index >= 15 is 0 Å². The van der Waals surface area contributed by atoms with Gasteiger partial charge in [0.25, 0.3) is 0 Å². The zero-order valence-electron chi connectivity index (χ0n) is 15.9. The lowest BCUT2D eigenvalue weighted by Crippen LogP contribution is -2.22. The molecule has 4 rings (SSSR count). The Kier molecular flexibility index (Phi) is 5.33. The normalized spacial score (nSPS) is 10.8. The van der Waals surface area contributed by atoms with E-state index in [0.29, 0.717) is 19.0 Å². The minimum Gasteiger partial charge on any atom is -0.370 e. The number of fused-ring (bicyclic) bond motifs is 1. The van der Waals surface area contributed by atoms with Crippen molar-refractivity contribution in [2.45, 2.75) is 13.0 Å². The number of pyridine rings is 1. The standard InChI is InChI=1S/C21H22N8/c22-20(23)25-11-15-4-3-5-16(10-15)17-12-26-21(27-13-17)24-8-7-18-14-29-9-2-1-6-19(29)28-18/h1-6,9-10,12-14H,7-8,11H2,(H4,22,23,25)(H,24,26,27). The van der Waals surface area contributed by atoms with Crippen LogP contribution in [-0.4, -0.2) is 31.9 Å². The van der Waals surface area contributed by atoms with Crippen LogP contribution in [0.2, 0.25) is 0 Å². The summed E-state index contributed by atoms with van der Waals surface area (Å²) in [5.74, 6) is 0.673. The van der Waals surface area contributed by atoms with Crippen molar-refractivity contribution >= 4 is 17.6 Å². The van der Waals surface area contributed by atoms with Gasteiger partial charge in [-0.15, -0.1) is 0 Å². The lowest BCUT2D eigenvalue weighted by atomic mass is 10.1. The second kappa shape index (κ2) is 8.39. The quantitative estimate of drug-likeness (QED) is 0.331. The van der Waals surface area contributed by atoms with Crippen LogP contribution in [-0.2, 0) is 13.0 Å². The van der Waals surface area contributed by atoms with E-state index in [2.05, 4.69) is 25.3 Å². The first-order valence-electron chi connectivity index (χ1n) is 9.30. The molecule has 8 nitrogen and oxygen atoms in total. The molecule has 0 unspecified atom stereocenters. The summed E-state index contributed by atoms with van der Waals surface area (Å²) in [5, 5.41) is 3.24. The number of nitrogens with one attached hydrogen (secondary N) is 1. The average molecular weight is 386 g/mol. The molecule has 0 aliphatic carbocycles. The van der Waals surface area contributed by atoms with Crippen molar-refractivity contribution in [1.82, 2.24) is 19.4 Å². The lowest BCUT2D eigenvalue weighted by Gasteiger charge is -2.06. The molecule has 0 aliphatic rings. The molecule has 29 heavy (non-hydrogen) atoms. The first kappa shape index (κ1) is 18.4. The van der Waals surface area contributed by atoms with Crippen LogP contribution in [0.15, 0.2) is 72.2 Å². The molecular weight excluding hydrogens is 364 g/mol. The highest BCUT2D eigenvalue weighted by Gasteiger charge is 2.04. The molecule has 4 aromatic rings. The summed E-state index contributed by atoms with van der Waals surface area (Å²) < 4.78 is 2.02. The number of nitrogens with two attached hydrogens (primary N) is 2. The van der Waals surface area contributed by atoms with Crippen LogP contribution in [0.25, 0.3) is 16.8 Å². The first-order chi connectivity index (χ1) is 14.2. The molecule has 0 aliphatic heterocycles. The maximum Gasteiger partial charge on any atom is 0.222 e. The number of imidazole rings is 1. The predicted molar refractivity (Wildman–Crippen MR) is 114 cm³/mol. The summed E-state index contributed by atoms with van der Waals surface area (Å²) in [4.78, 5) is 17.5. The molecule has 0 saturated carbocycles. The van der Waals surface area contributed by atoms with Crippen molar-refractivity contribution in [3.63, 3.8) is 0 Å². The number of anilines is 1. The zero-order valence-corrected chi connectivity index (χ0v) is 15.9. The number of benzene rings is 1. The third kappa shape index (κ3) is 4.67. The fourth-order valence-corrected chi connectivity index (χ4v) is 3.01. The summed E-state index contributed by atoms with van der Waals surface area (Å²) in [7, 11) is 0. The number of rotatable bonds is 7. The third-order valence-corrected chi connectivity index (χ3v) is 4.43. The van der Waals surface area contributed by atoms with E-state index in [9.17, 15) is 0 Å². The molecule has 0 amide bonds. The molecule has 1 aromatic carbocycles. The Labute approximate surface area is 168 Å². The number of nitrogens with zero attached hydrogens (tertiary/aromatic N) is 5. The molecule has 146 valence electrons. The number of aromatic nitrogens is 4. The Balaban J connectivity index is 1.36. The van der Waals surface area contributed by atoms with Crippen LogP contribution < -0.4 is 16.8 Å². The zero-order chi connectivity index (χ0) is 20.1. The van der Waals surface area contributed by atoms with E-state index in [1.165, 1.54) is 0 Å². The van der Waals surface area contributed by atoms with E-state index in [1.807, 2.05) is 59.3 Å². The molecule has 3 heterocycles. The van der Waals surface area contributed by atoms with Gasteiger partial charge >= 0.3 is 0 Å². The summed E-state index contributed by atoms with van der Waals surface area (Å²) in [6.07, 6.45) is 8.43. The predicted octanol–water partition coefficient (Wildman–Crippen LogP) is 2.22. The fraction of sp³-hybridized carbons (Fsp3) is 0.143. The van der Waals surface area contributed by atoms with Gasteiger partial charge in [0, 0.05) is 43.3 Å². The van der Waals surface area contributed by atoms with Gasteiger partial charge in [-0.3, -0.25) is 0 Å². The van der Waals surface area contributed by atoms with E-state index in [4.69, 9.17) is 11.5 Å². The van der Waals surface area contributed by atoms with Gasteiger partial charge in [0.2, 0.25) is 5.95 Å². The summed E-state index contributed by atoms with van der Waals surface area (Å²) >= 11 is 0. The van der Waals surface area contributed by atoms with Crippen LogP contribution in [0.5, 0.6) is 0 Å². The van der Waals surface area contributed by atoms with Crippen molar-refractivity contribution < 1.29 is 0 Å².